The fourth-order valence-electron chi connectivity index (χ4n) is 3.39. The second-order valence-corrected chi connectivity index (χ2v) is 8.23. The number of benzene rings is 1. The lowest BCUT2D eigenvalue weighted by Crippen LogP contribution is -2.41. The fourth-order valence-corrected chi connectivity index (χ4v) is 3.39. The van der Waals surface area contributed by atoms with Gasteiger partial charge in [-0.05, 0) is 51.8 Å². The highest BCUT2D eigenvalue weighted by molar-refractivity contribution is 5.97. The van der Waals surface area contributed by atoms with Crippen LogP contribution in [0.15, 0.2) is 24.5 Å². The van der Waals surface area contributed by atoms with E-state index < -0.39 is 0 Å². The maximum Gasteiger partial charge on any atom is 0.315 e. The topological polar surface area (TPSA) is 88.1 Å². The first-order valence-corrected chi connectivity index (χ1v) is 9.63. The third-order valence-corrected chi connectivity index (χ3v) is 4.70. The van der Waals surface area contributed by atoms with Gasteiger partial charge in [-0.15, -0.1) is 0 Å². The number of nitrogens with one attached hydrogen (secondary N) is 3. The number of urea groups is 1. The summed E-state index contributed by atoms with van der Waals surface area (Å²) in [6.07, 6.45) is 6.28. The largest absolute Gasteiger partial charge is 0.347 e. The van der Waals surface area contributed by atoms with E-state index in [-0.39, 0.29) is 17.5 Å². The first-order valence-electron chi connectivity index (χ1n) is 9.63. The standard InChI is InChI=1S/C20H29N5O2/c1-20(2,3)24-18(26)14-8-9-17-16(12-14)22-13-25(17)11-10-21-19(27)23-15-6-4-5-7-15/h8-9,12-13,15H,4-7,10-11H2,1-3H3,(H,24,26)(H2,21,23,27). The number of fused-ring (bicyclic) bond motifs is 1. The third-order valence-electron chi connectivity index (χ3n) is 4.70. The minimum atomic E-state index is -0.282. The van der Waals surface area contributed by atoms with Crippen molar-refractivity contribution in [2.75, 3.05) is 6.54 Å². The number of imidazole rings is 1. The molecule has 146 valence electrons. The highest BCUT2D eigenvalue weighted by atomic mass is 16.2. The van der Waals surface area contributed by atoms with E-state index in [1.54, 1.807) is 12.4 Å². The van der Waals surface area contributed by atoms with Gasteiger partial charge in [0.25, 0.3) is 5.91 Å². The van der Waals surface area contributed by atoms with Gasteiger partial charge in [0.05, 0.1) is 17.4 Å². The van der Waals surface area contributed by atoms with Gasteiger partial charge in [-0.3, -0.25) is 4.79 Å². The number of amides is 3. The van der Waals surface area contributed by atoms with E-state index in [2.05, 4.69) is 20.9 Å². The first-order chi connectivity index (χ1) is 12.8. The lowest BCUT2D eigenvalue weighted by molar-refractivity contribution is 0.0919. The van der Waals surface area contributed by atoms with E-state index in [1.807, 2.05) is 37.5 Å². The van der Waals surface area contributed by atoms with E-state index in [0.29, 0.717) is 24.7 Å². The highest BCUT2D eigenvalue weighted by Crippen LogP contribution is 2.17. The van der Waals surface area contributed by atoms with Crippen molar-refractivity contribution in [3.8, 4) is 0 Å². The molecule has 0 radical (unpaired) electrons. The fraction of sp³-hybridized carbons (Fsp3) is 0.550. The average Bonchev–Trinajstić information content (AvgIpc) is 3.23. The third kappa shape index (κ3) is 5.21. The molecule has 7 heteroatoms. The lowest BCUT2D eigenvalue weighted by atomic mass is 10.1. The SMILES string of the molecule is CC(C)(C)NC(=O)c1ccc2c(c1)ncn2CCNC(=O)NC1CCCC1. The van der Waals surface area contributed by atoms with Crippen LogP contribution in [0.3, 0.4) is 0 Å². The average molecular weight is 371 g/mol. The van der Waals surface area contributed by atoms with Crippen LogP contribution in [0.2, 0.25) is 0 Å². The summed E-state index contributed by atoms with van der Waals surface area (Å²) in [5, 5.41) is 8.88. The van der Waals surface area contributed by atoms with E-state index in [4.69, 9.17) is 0 Å². The highest BCUT2D eigenvalue weighted by Gasteiger charge is 2.17. The molecule has 0 spiro atoms. The van der Waals surface area contributed by atoms with Crippen LogP contribution in [-0.4, -0.2) is 39.6 Å². The van der Waals surface area contributed by atoms with Crippen molar-refractivity contribution in [2.45, 2.75) is 64.6 Å². The van der Waals surface area contributed by atoms with Crippen molar-refractivity contribution in [3.63, 3.8) is 0 Å². The second-order valence-electron chi connectivity index (χ2n) is 8.23. The summed E-state index contributed by atoms with van der Waals surface area (Å²) in [6.45, 7) is 7.01. The van der Waals surface area contributed by atoms with Crippen LogP contribution in [0.5, 0.6) is 0 Å². The quantitative estimate of drug-likeness (QED) is 0.755. The number of carbonyl (C=O) groups excluding carboxylic acids is 2. The molecule has 0 saturated heterocycles. The Labute approximate surface area is 159 Å². The molecule has 3 N–H and O–H groups in total. The van der Waals surface area contributed by atoms with Crippen LogP contribution in [0, 0.1) is 0 Å². The molecular formula is C20H29N5O2. The van der Waals surface area contributed by atoms with Crippen molar-refractivity contribution < 1.29 is 9.59 Å². The molecular weight excluding hydrogens is 342 g/mol. The molecule has 0 atom stereocenters. The van der Waals surface area contributed by atoms with Gasteiger partial charge in [0.15, 0.2) is 0 Å². The molecule has 1 aromatic carbocycles. The molecule has 1 heterocycles. The maximum atomic E-state index is 12.3. The first kappa shape index (κ1) is 19.2. The van der Waals surface area contributed by atoms with Crippen molar-refractivity contribution in [1.82, 2.24) is 25.5 Å². The molecule has 0 aliphatic heterocycles. The zero-order valence-electron chi connectivity index (χ0n) is 16.3. The number of aromatic nitrogens is 2. The van der Waals surface area contributed by atoms with Gasteiger partial charge in [0.2, 0.25) is 0 Å². The number of hydrogen-bond donors (Lipinski definition) is 3. The van der Waals surface area contributed by atoms with Gasteiger partial charge >= 0.3 is 6.03 Å². The van der Waals surface area contributed by atoms with Gasteiger partial charge in [-0.2, -0.15) is 0 Å². The molecule has 3 rings (SSSR count). The van der Waals surface area contributed by atoms with Crippen molar-refractivity contribution in [1.29, 1.82) is 0 Å². The van der Waals surface area contributed by atoms with Gasteiger partial charge in [0, 0.05) is 30.2 Å². The maximum absolute atomic E-state index is 12.3. The summed E-state index contributed by atoms with van der Waals surface area (Å²) < 4.78 is 1.98. The summed E-state index contributed by atoms with van der Waals surface area (Å²) in [4.78, 5) is 28.6. The Morgan fingerprint density at radius 3 is 2.67 bits per heavy atom. The molecule has 1 fully saturated rings. The Kier molecular flexibility index (Phi) is 5.68. The normalized spacial score (nSPS) is 15.1. The molecule has 27 heavy (non-hydrogen) atoms. The van der Waals surface area contributed by atoms with Crippen LogP contribution in [0.25, 0.3) is 11.0 Å². The van der Waals surface area contributed by atoms with Gasteiger partial charge in [-0.1, -0.05) is 12.8 Å². The summed E-state index contributed by atoms with van der Waals surface area (Å²) >= 11 is 0. The molecule has 0 unspecified atom stereocenters. The van der Waals surface area contributed by atoms with Crippen LogP contribution < -0.4 is 16.0 Å². The van der Waals surface area contributed by atoms with E-state index in [9.17, 15) is 9.59 Å². The Morgan fingerprint density at radius 1 is 1.22 bits per heavy atom. The van der Waals surface area contributed by atoms with E-state index in [0.717, 1.165) is 23.9 Å². The molecule has 2 aromatic rings. The Morgan fingerprint density at radius 2 is 1.96 bits per heavy atom. The predicted octanol–water partition coefficient (Wildman–Crippen LogP) is 2.81. The molecule has 3 amide bonds. The monoisotopic (exact) mass is 371 g/mol. The zero-order chi connectivity index (χ0) is 19.4. The van der Waals surface area contributed by atoms with Gasteiger partial charge in [-0.25, -0.2) is 9.78 Å². The molecule has 0 bridgehead atoms. The van der Waals surface area contributed by atoms with Crippen LogP contribution in [0.1, 0.15) is 56.8 Å². The van der Waals surface area contributed by atoms with Crippen LogP contribution >= 0.6 is 0 Å². The molecule has 7 nitrogen and oxygen atoms in total. The van der Waals surface area contributed by atoms with Crippen LogP contribution in [-0.2, 0) is 6.54 Å². The smallest absolute Gasteiger partial charge is 0.315 e. The Hall–Kier alpha value is -2.57. The summed E-state index contributed by atoms with van der Waals surface area (Å²) in [7, 11) is 0. The van der Waals surface area contributed by atoms with Gasteiger partial charge in [0.1, 0.15) is 0 Å². The molecule has 1 saturated carbocycles. The Bertz CT molecular complexity index is 815. The minimum absolute atomic E-state index is 0.104. The van der Waals surface area contributed by atoms with Crippen molar-refractivity contribution >= 4 is 23.0 Å². The summed E-state index contributed by atoms with van der Waals surface area (Å²) in [5.41, 5.74) is 2.03. The zero-order valence-corrected chi connectivity index (χ0v) is 16.3. The number of nitrogens with zero attached hydrogens (tertiary/aromatic N) is 2. The molecule has 1 aliphatic rings. The number of hydrogen-bond acceptors (Lipinski definition) is 3. The lowest BCUT2D eigenvalue weighted by Gasteiger charge is -2.20. The second kappa shape index (κ2) is 7.98. The molecule has 1 aromatic heterocycles. The minimum Gasteiger partial charge on any atom is -0.347 e. The number of rotatable bonds is 5. The summed E-state index contributed by atoms with van der Waals surface area (Å²) in [5.74, 6) is -0.107. The van der Waals surface area contributed by atoms with Gasteiger partial charge < -0.3 is 20.5 Å². The Balaban J connectivity index is 1.56. The van der Waals surface area contributed by atoms with Crippen molar-refractivity contribution in [3.05, 3.63) is 30.1 Å². The van der Waals surface area contributed by atoms with E-state index in [1.165, 1.54) is 12.8 Å². The van der Waals surface area contributed by atoms with E-state index >= 15 is 0 Å². The van der Waals surface area contributed by atoms with Crippen LogP contribution in [0.4, 0.5) is 4.79 Å². The predicted molar refractivity (Wildman–Crippen MR) is 106 cm³/mol. The number of carbonyl (C=O) groups is 2. The van der Waals surface area contributed by atoms with Crippen molar-refractivity contribution in [2.24, 2.45) is 0 Å². The molecule has 1 aliphatic carbocycles. The summed E-state index contributed by atoms with van der Waals surface area (Å²) in [6, 6.07) is 5.72.